The number of carboxylic acids is 1. The molecule has 1 unspecified atom stereocenters. The van der Waals surface area contributed by atoms with Crippen molar-refractivity contribution in [1.29, 1.82) is 0 Å². The molecule has 1 amide bonds. The molecule has 2 N–H and O–H groups in total. The largest absolute Gasteiger partial charge is 0.481 e. The quantitative estimate of drug-likeness (QED) is 0.878. The predicted octanol–water partition coefficient (Wildman–Crippen LogP) is 2.69. The smallest absolute Gasteiger partial charge is 0.416 e. The van der Waals surface area contributed by atoms with Gasteiger partial charge in [0.25, 0.3) is 5.91 Å². The highest BCUT2D eigenvalue weighted by Gasteiger charge is 2.34. The average molecular weight is 301 g/mol. The Morgan fingerprint density at radius 3 is 2.24 bits per heavy atom. The van der Waals surface area contributed by atoms with Crippen molar-refractivity contribution in [2.24, 2.45) is 5.92 Å². The maximum absolute atomic E-state index is 12.4. The van der Waals surface area contributed by atoms with Crippen molar-refractivity contribution in [3.05, 3.63) is 35.4 Å². The first-order valence-electron chi connectivity index (χ1n) is 6.47. The molecular formula is C14H14F3NO3. The fraction of sp³-hybridized carbons (Fsp3) is 0.429. The molecule has 0 aromatic heterocycles. The summed E-state index contributed by atoms with van der Waals surface area (Å²) in [7, 11) is 0. The second-order valence-corrected chi connectivity index (χ2v) is 5.09. The van der Waals surface area contributed by atoms with Crippen LogP contribution in [-0.4, -0.2) is 23.0 Å². The van der Waals surface area contributed by atoms with Crippen molar-refractivity contribution in [3.63, 3.8) is 0 Å². The third kappa shape index (κ3) is 4.21. The molecule has 7 heteroatoms. The molecule has 114 valence electrons. The SMILES string of the molecule is O=C(O)CC(NC(=O)c1ccc(C(F)(F)F)cc1)C1CC1. The first kappa shape index (κ1) is 15.3. The number of hydrogen-bond donors (Lipinski definition) is 2. The maximum atomic E-state index is 12.4. The fourth-order valence-corrected chi connectivity index (χ4v) is 2.08. The molecule has 0 heterocycles. The summed E-state index contributed by atoms with van der Waals surface area (Å²) in [5.74, 6) is -1.43. The summed E-state index contributed by atoms with van der Waals surface area (Å²) in [6.07, 6.45) is -2.93. The molecule has 4 nitrogen and oxygen atoms in total. The van der Waals surface area contributed by atoms with E-state index in [-0.39, 0.29) is 17.9 Å². The van der Waals surface area contributed by atoms with Gasteiger partial charge in [-0.25, -0.2) is 0 Å². The summed E-state index contributed by atoms with van der Waals surface area (Å²) >= 11 is 0. The summed E-state index contributed by atoms with van der Waals surface area (Å²) in [6, 6.07) is 3.36. The number of nitrogens with one attached hydrogen (secondary N) is 1. The van der Waals surface area contributed by atoms with E-state index in [4.69, 9.17) is 5.11 Å². The molecule has 0 aliphatic heterocycles. The van der Waals surface area contributed by atoms with Gasteiger partial charge in [-0.15, -0.1) is 0 Å². The molecule has 0 saturated heterocycles. The van der Waals surface area contributed by atoms with Crippen molar-refractivity contribution in [2.45, 2.75) is 31.5 Å². The van der Waals surface area contributed by atoms with Crippen LogP contribution in [0.3, 0.4) is 0 Å². The lowest BCUT2D eigenvalue weighted by Crippen LogP contribution is -2.38. The molecule has 0 spiro atoms. The summed E-state index contributed by atoms with van der Waals surface area (Å²) < 4.78 is 37.3. The zero-order chi connectivity index (χ0) is 15.6. The van der Waals surface area contributed by atoms with Gasteiger partial charge in [-0.3, -0.25) is 9.59 Å². The van der Waals surface area contributed by atoms with Crippen molar-refractivity contribution < 1.29 is 27.9 Å². The molecular weight excluding hydrogens is 287 g/mol. The lowest BCUT2D eigenvalue weighted by Gasteiger charge is -2.16. The van der Waals surface area contributed by atoms with Gasteiger partial charge in [-0.05, 0) is 43.0 Å². The van der Waals surface area contributed by atoms with E-state index in [1.54, 1.807) is 0 Å². The van der Waals surface area contributed by atoms with Gasteiger partial charge >= 0.3 is 12.1 Å². The second kappa shape index (κ2) is 5.75. The number of carbonyl (C=O) groups excluding carboxylic acids is 1. The van der Waals surface area contributed by atoms with Crippen molar-refractivity contribution >= 4 is 11.9 Å². The first-order valence-corrected chi connectivity index (χ1v) is 6.47. The topological polar surface area (TPSA) is 66.4 Å². The molecule has 1 atom stereocenters. The van der Waals surface area contributed by atoms with E-state index >= 15 is 0 Å². The predicted molar refractivity (Wildman–Crippen MR) is 67.7 cm³/mol. The third-order valence-electron chi connectivity index (χ3n) is 3.38. The van der Waals surface area contributed by atoms with Gasteiger partial charge in [-0.1, -0.05) is 0 Å². The first-order chi connectivity index (χ1) is 9.77. The molecule has 2 rings (SSSR count). The summed E-state index contributed by atoms with van der Waals surface area (Å²) in [6.45, 7) is 0. The number of carboxylic acid groups (broad SMARTS) is 1. The number of aliphatic carboxylic acids is 1. The van der Waals surface area contributed by atoms with Gasteiger partial charge in [0.1, 0.15) is 0 Å². The summed E-state index contributed by atoms with van der Waals surface area (Å²) in [5.41, 5.74) is -0.748. The lowest BCUT2D eigenvalue weighted by molar-refractivity contribution is -0.138. The number of halogens is 3. The summed E-state index contributed by atoms with van der Waals surface area (Å²) in [5, 5.41) is 11.4. The van der Waals surface area contributed by atoms with E-state index in [2.05, 4.69) is 5.32 Å². The fourth-order valence-electron chi connectivity index (χ4n) is 2.08. The zero-order valence-corrected chi connectivity index (χ0v) is 11.0. The van der Waals surface area contributed by atoms with E-state index < -0.39 is 29.7 Å². The van der Waals surface area contributed by atoms with Crippen LogP contribution in [0.5, 0.6) is 0 Å². The number of hydrogen-bond acceptors (Lipinski definition) is 2. The molecule has 1 aliphatic carbocycles. The van der Waals surface area contributed by atoms with Gasteiger partial charge < -0.3 is 10.4 Å². The molecule has 21 heavy (non-hydrogen) atoms. The van der Waals surface area contributed by atoms with Crippen LogP contribution >= 0.6 is 0 Å². The molecule has 0 bridgehead atoms. The number of rotatable bonds is 5. The van der Waals surface area contributed by atoms with Crippen LogP contribution in [0.1, 0.15) is 35.2 Å². The van der Waals surface area contributed by atoms with Crippen LogP contribution in [-0.2, 0) is 11.0 Å². The number of carbonyl (C=O) groups is 2. The minimum Gasteiger partial charge on any atom is -0.481 e. The highest BCUT2D eigenvalue weighted by atomic mass is 19.4. The Labute approximate surface area is 119 Å². The van der Waals surface area contributed by atoms with Gasteiger partial charge in [0.2, 0.25) is 0 Å². The van der Waals surface area contributed by atoms with E-state index in [0.717, 1.165) is 37.1 Å². The highest BCUT2D eigenvalue weighted by Crippen LogP contribution is 2.34. The minimum atomic E-state index is -4.45. The number of alkyl halides is 3. The Hall–Kier alpha value is -2.05. The lowest BCUT2D eigenvalue weighted by atomic mass is 10.1. The van der Waals surface area contributed by atoms with Gasteiger partial charge in [0.05, 0.1) is 12.0 Å². The molecule has 1 saturated carbocycles. The normalized spacial score (nSPS) is 16.3. The van der Waals surface area contributed by atoms with Crippen LogP contribution in [0.2, 0.25) is 0 Å². The van der Waals surface area contributed by atoms with Crippen molar-refractivity contribution in [1.82, 2.24) is 5.32 Å². The summed E-state index contributed by atoms with van der Waals surface area (Å²) in [4.78, 5) is 22.7. The van der Waals surface area contributed by atoms with Crippen LogP contribution < -0.4 is 5.32 Å². The standard InChI is InChI=1S/C14H14F3NO3/c15-14(16,17)10-5-3-9(4-6-10)13(21)18-11(7-12(19)20)8-1-2-8/h3-6,8,11H,1-2,7H2,(H,18,21)(H,19,20). The average Bonchev–Trinajstić information content (AvgIpc) is 3.20. The highest BCUT2D eigenvalue weighted by molar-refractivity contribution is 5.94. The molecule has 1 aromatic rings. The van der Waals surface area contributed by atoms with Gasteiger partial charge in [0, 0.05) is 11.6 Å². The maximum Gasteiger partial charge on any atom is 0.416 e. The third-order valence-corrected chi connectivity index (χ3v) is 3.38. The van der Waals surface area contributed by atoms with Crippen molar-refractivity contribution in [2.75, 3.05) is 0 Å². The zero-order valence-electron chi connectivity index (χ0n) is 11.0. The monoisotopic (exact) mass is 301 g/mol. The van der Waals surface area contributed by atoms with Crippen LogP contribution in [0.4, 0.5) is 13.2 Å². The minimum absolute atomic E-state index is 0.0824. The second-order valence-electron chi connectivity index (χ2n) is 5.09. The molecule has 0 radical (unpaired) electrons. The molecule has 1 fully saturated rings. The Balaban J connectivity index is 2.03. The van der Waals surface area contributed by atoms with Crippen LogP contribution in [0, 0.1) is 5.92 Å². The van der Waals surface area contributed by atoms with Crippen LogP contribution in [0.25, 0.3) is 0 Å². The Kier molecular flexibility index (Phi) is 4.20. The van der Waals surface area contributed by atoms with E-state index in [9.17, 15) is 22.8 Å². The van der Waals surface area contributed by atoms with Gasteiger partial charge in [0.15, 0.2) is 0 Å². The van der Waals surface area contributed by atoms with Crippen molar-refractivity contribution in [3.8, 4) is 0 Å². The number of benzene rings is 1. The Bertz CT molecular complexity index is 535. The molecule has 1 aliphatic rings. The van der Waals surface area contributed by atoms with E-state index in [1.807, 2.05) is 0 Å². The van der Waals surface area contributed by atoms with Crippen LogP contribution in [0.15, 0.2) is 24.3 Å². The van der Waals surface area contributed by atoms with E-state index in [1.165, 1.54) is 0 Å². The van der Waals surface area contributed by atoms with Gasteiger partial charge in [-0.2, -0.15) is 13.2 Å². The Morgan fingerprint density at radius 1 is 1.24 bits per heavy atom. The Morgan fingerprint density at radius 2 is 1.81 bits per heavy atom. The molecule has 1 aromatic carbocycles. The number of amides is 1. The van der Waals surface area contributed by atoms with E-state index in [0.29, 0.717) is 0 Å².